The number of rotatable bonds is 6. The number of hydrogen-bond acceptors (Lipinski definition) is 3. The Kier molecular flexibility index (Phi) is 8.64. The highest BCUT2D eigenvalue weighted by Gasteiger charge is 2.40. The number of nitrogens with one attached hydrogen (secondary N) is 1. The third kappa shape index (κ3) is 5.22. The third-order valence-electron chi connectivity index (χ3n) is 5.95. The quantitative estimate of drug-likeness (QED) is 0.760. The van der Waals surface area contributed by atoms with Crippen LogP contribution in [0, 0.1) is 17.8 Å². The minimum atomic E-state index is 0. The van der Waals surface area contributed by atoms with Crippen LogP contribution in [0.3, 0.4) is 0 Å². The summed E-state index contributed by atoms with van der Waals surface area (Å²) in [4.78, 5) is 14.9. The van der Waals surface area contributed by atoms with E-state index in [1.165, 1.54) is 32.1 Å². The number of nitrogens with two attached hydrogens (primary N) is 1. The van der Waals surface area contributed by atoms with Gasteiger partial charge < -0.3 is 11.1 Å². The molecule has 0 heterocycles. The summed E-state index contributed by atoms with van der Waals surface area (Å²) in [5.74, 6) is 1.68. The van der Waals surface area contributed by atoms with Crippen molar-refractivity contribution < 1.29 is 4.79 Å². The fourth-order valence-corrected chi connectivity index (χ4v) is 4.51. The van der Waals surface area contributed by atoms with Gasteiger partial charge in [-0.3, -0.25) is 9.69 Å². The summed E-state index contributed by atoms with van der Waals surface area (Å²) in [5, 5.41) is 3.18. The molecule has 2 atom stereocenters. The van der Waals surface area contributed by atoms with Gasteiger partial charge in [0, 0.05) is 31.1 Å². The Morgan fingerprint density at radius 1 is 1.13 bits per heavy atom. The molecule has 4 nitrogen and oxygen atoms in total. The normalized spacial score (nSPS) is 32.7. The predicted molar refractivity (Wildman–Crippen MR) is 99.3 cm³/mol. The zero-order chi connectivity index (χ0) is 14.8. The van der Waals surface area contributed by atoms with Crippen LogP contribution in [0.15, 0.2) is 0 Å². The molecule has 2 unspecified atom stereocenters. The molecule has 3 rings (SSSR count). The lowest BCUT2D eigenvalue weighted by atomic mass is 9.65. The maximum Gasteiger partial charge on any atom is 0.223 e. The molecule has 0 aliphatic heterocycles. The molecule has 23 heavy (non-hydrogen) atoms. The molecule has 3 saturated carbocycles. The van der Waals surface area contributed by atoms with Gasteiger partial charge in [-0.15, -0.1) is 24.8 Å². The molecule has 1 amide bonds. The topological polar surface area (TPSA) is 58.4 Å². The van der Waals surface area contributed by atoms with E-state index in [0.717, 1.165) is 38.5 Å². The van der Waals surface area contributed by atoms with Crippen molar-refractivity contribution in [2.24, 2.45) is 23.5 Å². The highest BCUT2D eigenvalue weighted by molar-refractivity contribution is 5.85. The summed E-state index contributed by atoms with van der Waals surface area (Å²) >= 11 is 0. The van der Waals surface area contributed by atoms with Crippen LogP contribution in [-0.2, 0) is 4.79 Å². The molecule has 3 fully saturated rings. The predicted octanol–water partition coefficient (Wildman–Crippen LogP) is 2.58. The van der Waals surface area contributed by atoms with E-state index < -0.39 is 0 Å². The van der Waals surface area contributed by atoms with Gasteiger partial charge in [-0.1, -0.05) is 13.3 Å². The van der Waals surface area contributed by atoms with Gasteiger partial charge in [0.15, 0.2) is 0 Å². The van der Waals surface area contributed by atoms with Gasteiger partial charge in [0.05, 0.1) is 0 Å². The van der Waals surface area contributed by atoms with Crippen LogP contribution in [0.5, 0.6) is 0 Å². The van der Waals surface area contributed by atoms with E-state index in [1.54, 1.807) is 0 Å². The van der Waals surface area contributed by atoms with Crippen molar-refractivity contribution in [3.63, 3.8) is 0 Å². The van der Waals surface area contributed by atoms with Crippen molar-refractivity contribution in [3.8, 4) is 0 Å². The van der Waals surface area contributed by atoms with E-state index in [1.807, 2.05) is 0 Å². The van der Waals surface area contributed by atoms with Crippen molar-refractivity contribution in [3.05, 3.63) is 0 Å². The molecule has 6 heteroatoms. The highest BCUT2D eigenvalue weighted by Crippen LogP contribution is 2.41. The smallest absolute Gasteiger partial charge is 0.223 e. The molecule has 0 aromatic rings. The van der Waals surface area contributed by atoms with Crippen LogP contribution in [-0.4, -0.2) is 42.5 Å². The maximum absolute atomic E-state index is 12.4. The Bertz CT molecular complexity index is 365. The minimum absolute atomic E-state index is 0. The first-order valence-corrected chi connectivity index (χ1v) is 8.96. The summed E-state index contributed by atoms with van der Waals surface area (Å²) in [5.41, 5.74) is 6.31. The SMILES string of the molecule is CCN(CCNC(=O)C1CC2CCCC(C1)C2N)C1CC1.Cl.Cl. The molecular weight excluding hydrogens is 333 g/mol. The fraction of sp³-hybridized carbons (Fsp3) is 0.941. The van der Waals surface area contributed by atoms with E-state index in [-0.39, 0.29) is 36.6 Å². The first kappa shape index (κ1) is 21.0. The first-order valence-electron chi connectivity index (χ1n) is 8.96. The molecular formula is C17H33Cl2N3O. The Labute approximate surface area is 153 Å². The van der Waals surface area contributed by atoms with Crippen molar-refractivity contribution in [2.45, 2.75) is 64.0 Å². The highest BCUT2D eigenvalue weighted by atomic mass is 35.5. The van der Waals surface area contributed by atoms with Crippen molar-refractivity contribution in [1.29, 1.82) is 0 Å². The molecule has 0 aromatic heterocycles. The number of halogens is 2. The van der Waals surface area contributed by atoms with Crippen LogP contribution < -0.4 is 11.1 Å². The monoisotopic (exact) mass is 365 g/mol. The Morgan fingerprint density at radius 3 is 2.26 bits per heavy atom. The number of nitrogens with zero attached hydrogens (tertiary/aromatic N) is 1. The number of likely N-dealkylation sites (N-methyl/N-ethyl adjacent to an activating group) is 1. The molecule has 3 aliphatic carbocycles. The van der Waals surface area contributed by atoms with Gasteiger partial charge in [-0.05, 0) is 56.9 Å². The zero-order valence-electron chi connectivity index (χ0n) is 14.2. The lowest BCUT2D eigenvalue weighted by Crippen LogP contribution is -2.49. The standard InChI is InChI=1S/C17H31N3O.2ClH/c1-2-20(15-6-7-15)9-8-19-17(21)14-10-12-4-3-5-13(11-14)16(12)18;;/h12-16H,2-11,18H2,1H3,(H,19,21);2*1H. The van der Waals surface area contributed by atoms with Gasteiger partial charge >= 0.3 is 0 Å². The zero-order valence-corrected chi connectivity index (χ0v) is 15.8. The molecule has 3 N–H and O–H groups in total. The summed E-state index contributed by atoms with van der Waals surface area (Å²) in [6, 6.07) is 1.15. The second-order valence-electron chi connectivity index (χ2n) is 7.35. The van der Waals surface area contributed by atoms with Crippen LogP contribution in [0.2, 0.25) is 0 Å². The Hall–Kier alpha value is -0.0300. The largest absolute Gasteiger partial charge is 0.355 e. The van der Waals surface area contributed by atoms with Gasteiger partial charge in [-0.2, -0.15) is 0 Å². The summed E-state index contributed by atoms with van der Waals surface area (Å²) in [6.07, 6.45) is 8.48. The average Bonchev–Trinajstić information content (AvgIpc) is 3.27. The number of hydrogen-bond donors (Lipinski definition) is 2. The average molecular weight is 366 g/mol. The molecule has 3 aliphatic rings. The van der Waals surface area contributed by atoms with Crippen molar-refractivity contribution in [1.82, 2.24) is 10.2 Å². The van der Waals surface area contributed by atoms with E-state index in [9.17, 15) is 4.79 Å². The third-order valence-corrected chi connectivity index (χ3v) is 5.95. The van der Waals surface area contributed by atoms with Gasteiger partial charge in [0.25, 0.3) is 0 Å². The van der Waals surface area contributed by atoms with E-state index in [4.69, 9.17) is 5.73 Å². The van der Waals surface area contributed by atoms with Gasteiger partial charge in [-0.25, -0.2) is 0 Å². The maximum atomic E-state index is 12.4. The second kappa shape index (κ2) is 9.45. The summed E-state index contributed by atoms with van der Waals surface area (Å²) in [7, 11) is 0. The molecule has 2 bridgehead atoms. The molecule has 0 radical (unpaired) electrons. The number of carbonyl (C=O) groups excluding carboxylic acids is 1. The van der Waals surface area contributed by atoms with E-state index >= 15 is 0 Å². The summed E-state index contributed by atoms with van der Waals surface area (Å²) < 4.78 is 0. The molecule has 0 spiro atoms. The molecule has 0 aromatic carbocycles. The Morgan fingerprint density at radius 2 is 1.74 bits per heavy atom. The van der Waals surface area contributed by atoms with Crippen LogP contribution in [0.4, 0.5) is 0 Å². The second-order valence-corrected chi connectivity index (χ2v) is 7.35. The number of carbonyl (C=O) groups is 1. The number of fused-ring (bicyclic) bond motifs is 2. The molecule has 136 valence electrons. The Balaban J connectivity index is 0.00000132. The van der Waals surface area contributed by atoms with Gasteiger partial charge in [0.2, 0.25) is 5.91 Å². The number of amides is 1. The van der Waals surface area contributed by atoms with E-state index in [2.05, 4.69) is 17.1 Å². The van der Waals surface area contributed by atoms with E-state index in [0.29, 0.717) is 17.9 Å². The summed E-state index contributed by atoms with van der Waals surface area (Å²) in [6.45, 7) is 5.12. The van der Waals surface area contributed by atoms with Crippen LogP contribution in [0.1, 0.15) is 51.9 Å². The van der Waals surface area contributed by atoms with Crippen LogP contribution in [0.25, 0.3) is 0 Å². The lowest BCUT2D eigenvalue weighted by molar-refractivity contribution is -0.127. The fourth-order valence-electron chi connectivity index (χ4n) is 4.51. The lowest BCUT2D eigenvalue weighted by Gasteiger charge is -2.43. The first-order chi connectivity index (χ1) is 10.2. The van der Waals surface area contributed by atoms with Crippen molar-refractivity contribution >= 4 is 30.7 Å². The molecule has 0 saturated heterocycles. The van der Waals surface area contributed by atoms with Crippen LogP contribution >= 0.6 is 24.8 Å². The minimum Gasteiger partial charge on any atom is -0.355 e. The van der Waals surface area contributed by atoms with Gasteiger partial charge in [0.1, 0.15) is 0 Å². The van der Waals surface area contributed by atoms with Crippen molar-refractivity contribution in [2.75, 3.05) is 19.6 Å².